The van der Waals surface area contributed by atoms with E-state index >= 15 is 0 Å². The molecule has 1 aromatic heterocycles. The molecule has 14 nitrogen and oxygen atoms in total. The van der Waals surface area contributed by atoms with E-state index in [0.29, 0.717) is 40.1 Å². The number of esters is 1. The largest absolute Gasteiger partial charge is 0.465 e. The number of nitrogens with one attached hydrogen (secondary N) is 3. The molecule has 15 heteroatoms. The van der Waals surface area contributed by atoms with Crippen LogP contribution in [0.25, 0.3) is 17.0 Å². The van der Waals surface area contributed by atoms with Crippen molar-refractivity contribution in [3.05, 3.63) is 107 Å². The van der Waals surface area contributed by atoms with E-state index in [9.17, 15) is 27.6 Å². The smallest absolute Gasteiger partial charge is 0.411 e. The second-order valence-corrected chi connectivity index (χ2v) is 15.6. The molecular weight excluding hydrogens is 761 g/mol. The summed E-state index contributed by atoms with van der Waals surface area (Å²) in [7, 11) is -4.38. The quantitative estimate of drug-likeness (QED) is 0.0364. The maximum atomic E-state index is 14.4. The number of rotatable bonds is 20. The number of carbonyl (C=O) groups excluding carboxylic acids is 4. The van der Waals surface area contributed by atoms with Crippen LogP contribution in [0.4, 0.5) is 10.5 Å². The minimum atomic E-state index is -4.38. The molecule has 3 amide bonds. The highest BCUT2D eigenvalue weighted by Crippen LogP contribution is 2.34. The molecule has 58 heavy (non-hydrogen) atoms. The number of para-hydroxylation sites is 1. The molecule has 0 spiro atoms. The maximum Gasteiger partial charge on any atom is 0.411 e. The van der Waals surface area contributed by atoms with Gasteiger partial charge in [0.1, 0.15) is 18.0 Å². The first kappa shape index (κ1) is 43.0. The Balaban J connectivity index is 1.32. The van der Waals surface area contributed by atoms with Gasteiger partial charge in [0.15, 0.2) is 0 Å². The molecule has 0 saturated heterocycles. The first-order valence-corrected chi connectivity index (χ1v) is 20.9. The van der Waals surface area contributed by atoms with Crippen LogP contribution in [0.1, 0.15) is 85.8 Å². The first-order valence-electron chi connectivity index (χ1n) is 19.5. The normalized spacial score (nSPS) is 12.1. The van der Waals surface area contributed by atoms with Crippen molar-refractivity contribution in [1.29, 1.82) is 5.41 Å². The summed E-state index contributed by atoms with van der Waals surface area (Å²) in [6.07, 6.45) is 10.5. The minimum absolute atomic E-state index is 0.0852. The Morgan fingerprint density at radius 2 is 1.62 bits per heavy atom. The first-order chi connectivity index (χ1) is 28.0. The van der Waals surface area contributed by atoms with Crippen molar-refractivity contribution in [2.45, 2.75) is 76.7 Å². The van der Waals surface area contributed by atoms with E-state index in [2.05, 4.69) is 22.5 Å². The molecule has 0 radical (unpaired) electrons. The molecule has 306 valence electrons. The molecule has 5 rings (SSSR count). The van der Waals surface area contributed by atoms with Gasteiger partial charge in [-0.15, -0.1) is 0 Å². The van der Waals surface area contributed by atoms with E-state index in [1.165, 1.54) is 36.4 Å². The second-order valence-electron chi connectivity index (χ2n) is 13.7. The third-order valence-corrected chi connectivity index (χ3v) is 11.4. The summed E-state index contributed by atoms with van der Waals surface area (Å²) in [5.41, 5.74) is 3.40. The summed E-state index contributed by atoms with van der Waals surface area (Å²) >= 11 is 0. The molecule has 3 aromatic carbocycles. The van der Waals surface area contributed by atoms with Crippen LogP contribution < -0.4 is 10.6 Å². The molecule has 4 aromatic rings. The highest BCUT2D eigenvalue weighted by molar-refractivity contribution is 7.89. The van der Waals surface area contributed by atoms with Gasteiger partial charge in [0.05, 0.1) is 31.6 Å². The summed E-state index contributed by atoms with van der Waals surface area (Å²) in [5, 5.41) is 13.9. The number of ether oxygens (including phenoxy) is 2. The number of aromatic nitrogens is 1. The number of pyridine rings is 1. The number of sulfonamides is 1. The molecule has 0 aliphatic heterocycles. The Morgan fingerprint density at radius 3 is 2.38 bits per heavy atom. The van der Waals surface area contributed by atoms with Gasteiger partial charge in [-0.1, -0.05) is 81.5 Å². The number of unbranched alkanes of at least 4 members (excludes halogenated alkanes) is 5. The fraction of sp³-hybridized carbons (Fsp3) is 0.349. The van der Waals surface area contributed by atoms with Crippen molar-refractivity contribution in [2.75, 3.05) is 31.6 Å². The lowest BCUT2D eigenvalue weighted by Gasteiger charge is -2.30. The van der Waals surface area contributed by atoms with Crippen molar-refractivity contribution < 1.29 is 37.1 Å². The fourth-order valence-electron chi connectivity index (χ4n) is 6.66. The Hall–Kier alpha value is -6.09. The number of fused-ring (bicyclic) bond motifs is 2. The zero-order valence-corrected chi connectivity index (χ0v) is 33.7. The SMILES string of the molecule is CCCCCCCCOC(=O)Nc1ccc(CN(C=N)C(=O)c2cccc3c2CCC(N(CC(=O)NCC(=O)OCC)S(=O)(=O)c2cccc4cccnc24)=C3)cc1. The van der Waals surface area contributed by atoms with Crippen molar-refractivity contribution in [3.8, 4) is 0 Å². The number of benzene rings is 3. The average Bonchev–Trinajstić information content (AvgIpc) is 3.23. The minimum Gasteiger partial charge on any atom is -0.465 e. The summed E-state index contributed by atoms with van der Waals surface area (Å²) in [6, 6.07) is 20.3. The number of allylic oxidation sites excluding steroid dienone is 1. The van der Waals surface area contributed by atoms with Crippen molar-refractivity contribution >= 4 is 62.9 Å². The van der Waals surface area contributed by atoms with Crippen LogP contribution in [-0.2, 0) is 42.1 Å². The van der Waals surface area contributed by atoms with E-state index in [4.69, 9.17) is 14.9 Å². The maximum absolute atomic E-state index is 14.4. The lowest BCUT2D eigenvalue weighted by Crippen LogP contribution is -2.42. The standard InChI is InChI=1S/C43H50N6O8S/c1-3-5-6-7-8-9-25-57-43(53)47-34-20-18-31(19-21-34)28-48(30-44)42(52)37-16-10-14-33-26-35(22-23-36(33)37)49(29-39(50)46-27-40(51)56-4-2)58(54,55)38-17-11-13-32-15-12-24-45-41(32)38/h10-21,24,26,30,44H,3-9,22-23,25,27-29H2,1-2H3,(H,46,50)(H,47,53). The van der Waals surface area contributed by atoms with Crippen LogP contribution in [0.5, 0.6) is 0 Å². The lowest BCUT2D eigenvalue weighted by molar-refractivity contribution is -0.143. The number of hydrogen-bond acceptors (Lipinski definition) is 10. The summed E-state index contributed by atoms with van der Waals surface area (Å²) < 4.78 is 40.1. The Morgan fingerprint density at radius 1 is 0.879 bits per heavy atom. The van der Waals surface area contributed by atoms with Gasteiger partial charge in [0.2, 0.25) is 5.91 Å². The number of amides is 3. The zero-order valence-electron chi connectivity index (χ0n) is 32.9. The molecule has 1 aliphatic rings. The molecule has 1 heterocycles. The molecule has 1 aliphatic carbocycles. The van der Waals surface area contributed by atoms with Gasteiger partial charge in [0, 0.05) is 28.5 Å². The van der Waals surface area contributed by atoms with Crippen molar-refractivity contribution in [2.24, 2.45) is 0 Å². The average molecular weight is 811 g/mol. The van der Waals surface area contributed by atoms with Crippen molar-refractivity contribution in [3.63, 3.8) is 0 Å². The predicted molar refractivity (Wildman–Crippen MR) is 221 cm³/mol. The van der Waals surface area contributed by atoms with Gasteiger partial charge in [-0.25, -0.2) is 13.2 Å². The molecule has 3 N–H and O–H groups in total. The molecule has 0 unspecified atom stereocenters. The van der Waals surface area contributed by atoms with Gasteiger partial charge >= 0.3 is 12.1 Å². The van der Waals surface area contributed by atoms with Crippen LogP contribution >= 0.6 is 0 Å². The van der Waals surface area contributed by atoms with E-state index in [-0.39, 0.29) is 36.4 Å². The van der Waals surface area contributed by atoms with Gasteiger partial charge in [-0.3, -0.25) is 39.3 Å². The van der Waals surface area contributed by atoms with E-state index < -0.39 is 47.0 Å². The predicted octanol–water partition coefficient (Wildman–Crippen LogP) is 7.05. The number of anilines is 1. The molecule has 0 bridgehead atoms. The second kappa shape index (κ2) is 20.9. The van der Waals surface area contributed by atoms with E-state index in [1.54, 1.807) is 79.7 Å². The number of nitrogens with zero attached hydrogens (tertiary/aromatic N) is 3. The van der Waals surface area contributed by atoms with Crippen LogP contribution in [0.2, 0.25) is 0 Å². The van der Waals surface area contributed by atoms with Crippen molar-refractivity contribution in [1.82, 2.24) is 19.5 Å². The highest BCUT2D eigenvalue weighted by atomic mass is 32.2. The zero-order chi connectivity index (χ0) is 41.5. The summed E-state index contributed by atoms with van der Waals surface area (Å²) in [5.74, 6) is -1.79. The topological polar surface area (TPSA) is 188 Å². The van der Waals surface area contributed by atoms with Gasteiger partial charge in [-0.2, -0.15) is 0 Å². The molecular formula is C43H50N6O8S. The number of hydrogen-bond donors (Lipinski definition) is 3. The van der Waals surface area contributed by atoms with Gasteiger partial charge < -0.3 is 14.8 Å². The Labute approximate surface area is 339 Å². The van der Waals surface area contributed by atoms with E-state index in [1.807, 2.05) is 0 Å². The van der Waals surface area contributed by atoms with Crippen LogP contribution in [-0.4, -0.2) is 79.1 Å². The van der Waals surface area contributed by atoms with Crippen LogP contribution in [0, 0.1) is 5.41 Å². The summed E-state index contributed by atoms with van der Waals surface area (Å²) in [4.78, 5) is 56.8. The monoisotopic (exact) mass is 810 g/mol. The van der Waals surface area contributed by atoms with Gasteiger partial charge in [0.25, 0.3) is 15.9 Å². The number of carbonyl (C=O) groups is 4. The highest BCUT2D eigenvalue weighted by Gasteiger charge is 2.33. The molecule has 0 saturated carbocycles. The fourth-order valence-corrected chi connectivity index (χ4v) is 8.30. The van der Waals surface area contributed by atoms with Crippen LogP contribution in [0.15, 0.2) is 89.6 Å². The molecule has 0 fully saturated rings. The summed E-state index contributed by atoms with van der Waals surface area (Å²) in [6.45, 7) is 3.31. The Kier molecular flexibility index (Phi) is 15.5. The van der Waals surface area contributed by atoms with E-state index in [0.717, 1.165) is 35.5 Å². The lowest BCUT2D eigenvalue weighted by atomic mass is 9.90. The third-order valence-electron chi connectivity index (χ3n) is 9.60. The Bertz CT molecular complexity index is 2240. The van der Waals surface area contributed by atoms with Crippen LogP contribution in [0.3, 0.4) is 0 Å². The molecule has 0 atom stereocenters. The third kappa shape index (κ3) is 11.3. The van der Waals surface area contributed by atoms with Gasteiger partial charge in [-0.05, 0) is 79.3 Å².